The maximum absolute atomic E-state index is 12.7. The lowest BCUT2D eigenvalue weighted by molar-refractivity contribution is 0.0954. The van der Waals surface area contributed by atoms with E-state index in [1.807, 2.05) is 0 Å². The van der Waals surface area contributed by atoms with Gasteiger partial charge in [-0.25, -0.2) is 13.8 Å². The van der Waals surface area contributed by atoms with Crippen LogP contribution in [0.3, 0.4) is 0 Å². The largest absolute Gasteiger partial charge is 0.271 e. The Bertz CT molecular complexity index is 745. The van der Waals surface area contributed by atoms with Crippen molar-refractivity contribution in [1.29, 1.82) is 0 Å². The van der Waals surface area contributed by atoms with Crippen molar-refractivity contribution in [2.45, 2.75) is 56.3 Å². The molecule has 0 aromatic heterocycles. The molecule has 2 fully saturated rings. The quantitative estimate of drug-likeness (QED) is 0.836. The fourth-order valence-corrected chi connectivity index (χ4v) is 4.88. The maximum atomic E-state index is 12.7. The van der Waals surface area contributed by atoms with E-state index in [2.05, 4.69) is 10.5 Å². The number of amides is 1. The van der Waals surface area contributed by atoms with Gasteiger partial charge in [-0.2, -0.15) is 9.41 Å². The van der Waals surface area contributed by atoms with Gasteiger partial charge in [0.1, 0.15) is 0 Å². The van der Waals surface area contributed by atoms with Crippen LogP contribution in [0.4, 0.5) is 0 Å². The molecular weight excluding hydrogens is 338 g/mol. The molecule has 3 rings (SSSR count). The monoisotopic (exact) mass is 363 g/mol. The molecule has 1 aromatic carbocycles. The van der Waals surface area contributed by atoms with Gasteiger partial charge in [0.25, 0.3) is 5.91 Å². The number of nitrogens with one attached hydrogen (secondary N) is 1. The predicted octanol–water partition coefficient (Wildman–Crippen LogP) is 2.91. The molecule has 0 bridgehead atoms. The van der Waals surface area contributed by atoms with Crippen molar-refractivity contribution in [1.82, 2.24) is 9.73 Å². The van der Waals surface area contributed by atoms with E-state index in [1.165, 1.54) is 16.8 Å². The number of hydrogen-bond donors (Lipinski definition) is 1. The van der Waals surface area contributed by atoms with Gasteiger partial charge in [-0.05, 0) is 56.7 Å². The van der Waals surface area contributed by atoms with Gasteiger partial charge >= 0.3 is 0 Å². The normalized spacial score (nSPS) is 19.4. The van der Waals surface area contributed by atoms with E-state index in [0.29, 0.717) is 18.7 Å². The van der Waals surface area contributed by atoms with Gasteiger partial charge in [-0.1, -0.05) is 18.9 Å². The Morgan fingerprint density at radius 3 is 2.40 bits per heavy atom. The number of hydrogen-bond acceptors (Lipinski definition) is 4. The number of nitrogens with zero attached hydrogens (tertiary/aromatic N) is 2. The van der Waals surface area contributed by atoms with Crippen molar-refractivity contribution in [3.05, 3.63) is 29.8 Å². The molecule has 1 aliphatic carbocycles. The van der Waals surface area contributed by atoms with Crippen LogP contribution in [0.25, 0.3) is 0 Å². The van der Waals surface area contributed by atoms with E-state index in [9.17, 15) is 13.2 Å². The van der Waals surface area contributed by atoms with Gasteiger partial charge in [-0.3, -0.25) is 4.79 Å². The Kier molecular flexibility index (Phi) is 5.86. The Balaban J connectivity index is 1.73. The van der Waals surface area contributed by atoms with Gasteiger partial charge in [0, 0.05) is 24.4 Å². The molecule has 1 heterocycles. The molecule has 1 aliphatic heterocycles. The summed E-state index contributed by atoms with van der Waals surface area (Å²) in [5.74, 6) is -0.367. The molecule has 0 atom stereocenters. The molecule has 1 aromatic rings. The van der Waals surface area contributed by atoms with Crippen LogP contribution in [0.5, 0.6) is 0 Å². The van der Waals surface area contributed by atoms with Crippen LogP contribution in [0.2, 0.25) is 0 Å². The number of piperidine rings is 1. The van der Waals surface area contributed by atoms with Crippen LogP contribution < -0.4 is 5.43 Å². The van der Waals surface area contributed by atoms with E-state index in [4.69, 9.17) is 0 Å². The van der Waals surface area contributed by atoms with E-state index >= 15 is 0 Å². The summed E-state index contributed by atoms with van der Waals surface area (Å²) in [5, 5.41) is 4.20. The minimum atomic E-state index is -3.54. The Morgan fingerprint density at radius 2 is 1.68 bits per heavy atom. The highest BCUT2D eigenvalue weighted by molar-refractivity contribution is 7.89. The second-order valence-electron chi connectivity index (χ2n) is 6.67. The number of carbonyl (C=O) groups is 1. The molecule has 7 heteroatoms. The second-order valence-corrected chi connectivity index (χ2v) is 8.61. The minimum Gasteiger partial charge on any atom is -0.267 e. The molecule has 6 nitrogen and oxygen atoms in total. The number of carbonyl (C=O) groups excluding carboxylic acids is 1. The van der Waals surface area contributed by atoms with E-state index in [1.54, 1.807) is 18.2 Å². The smallest absolute Gasteiger partial charge is 0.267 e. The summed E-state index contributed by atoms with van der Waals surface area (Å²) in [7, 11) is -3.54. The second kappa shape index (κ2) is 8.10. The molecule has 136 valence electrons. The van der Waals surface area contributed by atoms with Gasteiger partial charge in [0.15, 0.2) is 0 Å². The minimum absolute atomic E-state index is 0.173. The van der Waals surface area contributed by atoms with Crippen molar-refractivity contribution in [3.8, 4) is 0 Å². The molecule has 0 spiro atoms. The van der Waals surface area contributed by atoms with Crippen LogP contribution in [0, 0.1) is 0 Å². The van der Waals surface area contributed by atoms with Crippen molar-refractivity contribution in [2.75, 3.05) is 13.1 Å². The third-order valence-electron chi connectivity index (χ3n) is 4.80. The van der Waals surface area contributed by atoms with E-state index in [-0.39, 0.29) is 10.8 Å². The van der Waals surface area contributed by atoms with Gasteiger partial charge in [0.05, 0.1) is 4.90 Å². The number of benzene rings is 1. The van der Waals surface area contributed by atoms with Crippen molar-refractivity contribution in [2.24, 2.45) is 5.10 Å². The molecule has 1 saturated heterocycles. The van der Waals surface area contributed by atoms with Crippen LogP contribution in [0.1, 0.15) is 61.7 Å². The fourth-order valence-electron chi connectivity index (χ4n) is 3.32. The standard InChI is InChI=1S/C18H25N3O3S/c22-18(20-19-16-9-3-1-4-10-16)15-8-7-11-17(14-15)25(23,24)21-12-5-2-6-13-21/h7-8,11,14H,1-6,9-10,12-13H2,(H,20,22). The van der Waals surface area contributed by atoms with Crippen molar-refractivity contribution >= 4 is 21.6 Å². The zero-order chi connectivity index (χ0) is 17.7. The number of sulfonamides is 1. The molecule has 1 saturated carbocycles. The Labute approximate surface area is 149 Å². The first-order valence-electron chi connectivity index (χ1n) is 9.03. The van der Waals surface area contributed by atoms with E-state index in [0.717, 1.165) is 50.7 Å². The predicted molar refractivity (Wildman–Crippen MR) is 97.0 cm³/mol. The summed E-state index contributed by atoms with van der Waals surface area (Å²) < 4.78 is 27.0. The van der Waals surface area contributed by atoms with Crippen LogP contribution in [0.15, 0.2) is 34.3 Å². The highest BCUT2D eigenvalue weighted by Crippen LogP contribution is 2.21. The van der Waals surface area contributed by atoms with Crippen molar-refractivity contribution in [3.63, 3.8) is 0 Å². The summed E-state index contributed by atoms with van der Waals surface area (Å²) in [4.78, 5) is 12.5. The van der Waals surface area contributed by atoms with Crippen LogP contribution in [-0.2, 0) is 10.0 Å². The lowest BCUT2D eigenvalue weighted by Crippen LogP contribution is -2.35. The van der Waals surface area contributed by atoms with E-state index < -0.39 is 10.0 Å². The summed E-state index contributed by atoms with van der Waals surface area (Å²) in [6.45, 7) is 1.10. The SMILES string of the molecule is O=C(NN=C1CCCCC1)c1cccc(S(=O)(=O)N2CCCCC2)c1. The number of hydrazone groups is 1. The van der Waals surface area contributed by atoms with Crippen LogP contribution >= 0.6 is 0 Å². The molecular formula is C18H25N3O3S. The first-order valence-corrected chi connectivity index (χ1v) is 10.5. The summed E-state index contributed by atoms with van der Waals surface area (Å²) in [5.41, 5.74) is 3.90. The highest BCUT2D eigenvalue weighted by Gasteiger charge is 2.26. The molecule has 2 aliphatic rings. The highest BCUT2D eigenvalue weighted by atomic mass is 32.2. The molecule has 1 N–H and O–H groups in total. The zero-order valence-corrected chi connectivity index (χ0v) is 15.2. The maximum Gasteiger partial charge on any atom is 0.271 e. The van der Waals surface area contributed by atoms with Gasteiger partial charge < -0.3 is 0 Å². The summed E-state index contributed by atoms with van der Waals surface area (Å²) in [6.07, 6.45) is 8.11. The Hall–Kier alpha value is -1.73. The fraction of sp³-hybridized carbons (Fsp3) is 0.556. The molecule has 25 heavy (non-hydrogen) atoms. The average molecular weight is 363 g/mol. The lowest BCUT2D eigenvalue weighted by atomic mass is 9.99. The van der Waals surface area contributed by atoms with Crippen molar-refractivity contribution < 1.29 is 13.2 Å². The van der Waals surface area contributed by atoms with Gasteiger partial charge in [-0.15, -0.1) is 0 Å². The summed E-state index contributed by atoms with van der Waals surface area (Å²) >= 11 is 0. The van der Waals surface area contributed by atoms with Crippen LogP contribution in [-0.4, -0.2) is 37.4 Å². The third kappa shape index (κ3) is 4.46. The first kappa shape index (κ1) is 18.1. The molecule has 0 radical (unpaired) electrons. The topological polar surface area (TPSA) is 78.8 Å². The van der Waals surface area contributed by atoms with Gasteiger partial charge in [0.2, 0.25) is 10.0 Å². The zero-order valence-electron chi connectivity index (χ0n) is 14.4. The Morgan fingerprint density at radius 1 is 1.00 bits per heavy atom. The molecule has 0 unspecified atom stereocenters. The third-order valence-corrected chi connectivity index (χ3v) is 6.69. The lowest BCUT2D eigenvalue weighted by Gasteiger charge is -2.26. The first-order chi connectivity index (χ1) is 12.1. The average Bonchev–Trinajstić information content (AvgIpc) is 2.67. The number of rotatable bonds is 4. The summed E-state index contributed by atoms with van der Waals surface area (Å²) in [6, 6.07) is 6.22. The molecule has 1 amide bonds.